The molecule has 16 heavy (non-hydrogen) atoms. The monoisotopic (exact) mass is 221 g/mol. The fraction of sp³-hybridized carbons (Fsp3) is 0.462. The summed E-state index contributed by atoms with van der Waals surface area (Å²) in [6, 6.07) is 8.51. The molecule has 0 radical (unpaired) electrons. The molecule has 3 nitrogen and oxygen atoms in total. The van der Waals surface area contributed by atoms with Crippen LogP contribution in [-0.2, 0) is 4.79 Å². The molecule has 0 aliphatic heterocycles. The van der Waals surface area contributed by atoms with Gasteiger partial charge in [-0.15, -0.1) is 0 Å². The Hall–Kier alpha value is -1.35. The summed E-state index contributed by atoms with van der Waals surface area (Å²) in [6.07, 6.45) is 0.902. The van der Waals surface area contributed by atoms with Crippen molar-refractivity contribution in [2.75, 3.05) is 6.54 Å². The number of hydrogen-bond acceptors (Lipinski definition) is 2. The number of carboxylic acids is 1. The maximum atomic E-state index is 10.3. The highest BCUT2D eigenvalue weighted by Gasteiger charge is 2.06. The lowest BCUT2D eigenvalue weighted by Gasteiger charge is -2.16. The number of nitrogens with one attached hydrogen (secondary N) is 1. The third-order valence-electron chi connectivity index (χ3n) is 2.67. The molecule has 0 aliphatic carbocycles. The molecule has 0 aliphatic rings. The molecule has 1 rings (SSSR count). The summed E-state index contributed by atoms with van der Waals surface area (Å²) in [5.41, 5.74) is 2.54. The highest BCUT2D eigenvalue weighted by molar-refractivity contribution is 5.66. The number of benzene rings is 1. The van der Waals surface area contributed by atoms with Gasteiger partial charge >= 0.3 is 5.97 Å². The number of aliphatic carboxylic acids is 1. The smallest absolute Gasteiger partial charge is 0.303 e. The van der Waals surface area contributed by atoms with Crippen LogP contribution in [0.2, 0.25) is 0 Å². The first-order chi connectivity index (χ1) is 7.61. The molecule has 0 heterocycles. The van der Waals surface area contributed by atoms with Gasteiger partial charge in [-0.25, -0.2) is 0 Å². The molecule has 1 aromatic rings. The van der Waals surface area contributed by atoms with Gasteiger partial charge in [-0.05, 0) is 37.9 Å². The molecule has 0 saturated carbocycles. The minimum Gasteiger partial charge on any atom is -0.481 e. The van der Waals surface area contributed by atoms with E-state index in [4.69, 9.17) is 5.11 Å². The molecule has 0 saturated heterocycles. The van der Waals surface area contributed by atoms with E-state index < -0.39 is 5.97 Å². The number of rotatable bonds is 6. The van der Waals surface area contributed by atoms with Gasteiger partial charge in [-0.1, -0.05) is 24.3 Å². The standard InChI is InChI=1S/C13H19NO2/c1-10-6-3-4-7-12(10)11(2)14-9-5-8-13(15)16/h3-4,6-7,11,14H,5,8-9H2,1-2H3,(H,15,16). The number of carboxylic acid groups (broad SMARTS) is 1. The van der Waals surface area contributed by atoms with Crippen molar-refractivity contribution in [2.45, 2.75) is 32.7 Å². The Kier molecular flexibility index (Phi) is 4.99. The van der Waals surface area contributed by atoms with E-state index in [-0.39, 0.29) is 12.5 Å². The minimum atomic E-state index is -0.731. The van der Waals surface area contributed by atoms with Crippen molar-refractivity contribution >= 4 is 5.97 Å². The molecule has 2 N–H and O–H groups in total. The third kappa shape index (κ3) is 4.03. The summed E-state index contributed by atoms with van der Waals surface area (Å²) >= 11 is 0. The van der Waals surface area contributed by atoms with E-state index in [9.17, 15) is 4.79 Å². The Bertz CT molecular complexity index is 350. The van der Waals surface area contributed by atoms with Gasteiger partial charge in [0.1, 0.15) is 0 Å². The predicted octanol–water partition coefficient (Wildman–Crippen LogP) is 2.51. The van der Waals surface area contributed by atoms with E-state index in [1.165, 1.54) is 11.1 Å². The topological polar surface area (TPSA) is 49.3 Å². The van der Waals surface area contributed by atoms with E-state index in [0.29, 0.717) is 6.42 Å². The lowest BCUT2D eigenvalue weighted by atomic mass is 10.0. The van der Waals surface area contributed by atoms with Crippen LogP contribution in [0, 0.1) is 6.92 Å². The van der Waals surface area contributed by atoms with E-state index in [1.54, 1.807) is 0 Å². The van der Waals surface area contributed by atoms with Crippen molar-refractivity contribution in [2.24, 2.45) is 0 Å². The summed E-state index contributed by atoms with van der Waals surface area (Å²) in [6.45, 7) is 4.93. The molecule has 0 bridgehead atoms. The number of hydrogen-bond donors (Lipinski definition) is 2. The van der Waals surface area contributed by atoms with Gasteiger partial charge in [0, 0.05) is 12.5 Å². The van der Waals surface area contributed by atoms with Crippen LogP contribution in [0.25, 0.3) is 0 Å². The van der Waals surface area contributed by atoms with Crippen LogP contribution in [0.3, 0.4) is 0 Å². The van der Waals surface area contributed by atoms with E-state index in [1.807, 2.05) is 12.1 Å². The largest absolute Gasteiger partial charge is 0.481 e. The van der Waals surface area contributed by atoms with Crippen LogP contribution in [-0.4, -0.2) is 17.6 Å². The van der Waals surface area contributed by atoms with Gasteiger partial charge < -0.3 is 10.4 Å². The van der Waals surface area contributed by atoms with Crippen molar-refractivity contribution < 1.29 is 9.90 Å². The van der Waals surface area contributed by atoms with Crippen LogP contribution in [0.4, 0.5) is 0 Å². The molecule has 1 atom stereocenters. The molecule has 1 unspecified atom stereocenters. The zero-order valence-corrected chi connectivity index (χ0v) is 9.86. The molecule has 88 valence electrons. The first-order valence-electron chi connectivity index (χ1n) is 5.62. The minimum absolute atomic E-state index is 0.230. The summed E-state index contributed by atoms with van der Waals surface area (Å²) in [7, 11) is 0. The van der Waals surface area contributed by atoms with Crippen LogP contribution in [0.1, 0.15) is 36.9 Å². The second-order valence-corrected chi connectivity index (χ2v) is 4.03. The Morgan fingerprint density at radius 1 is 1.44 bits per heavy atom. The van der Waals surface area contributed by atoms with Crippen molar-refractivity contribution in [3.63, 3.8) is 0 Å². The molecule has 0 aromatic heterocycles. The lowest BCUT2D eigenvalue weighted by molar-refractivity contribution is -0.137. The third-order valence-corrected chi connectivity index (χ3v) is 2.67. The summed E-state index contributed by atoms with van der Waals surface area (Å²) in [4.78, 5) is 10.3. The molecule has 0 amide bonds. The summed E-state index contributed by atoms with van der Waals surface area (Å²) in [5, 5.41) is 11.8. The van der Waals surface area contributed by atoms with Gasteiger partial charge in [-0.3, -0.25) is 4.79 Å². The van der Waals surface area contributed by atoms with E-state index in [0.717, 1.165) is 6.54 Å². The maximum Gasteiger partial charge on any atom is 0.303 e. The Labute approximate surface area is 96.5 Å². The van der Waals surface area contributed by atoms with Crippen molar-refractivity contribution in [3.8, 4) is 0 Å². The SMILES string of the molecule is Cc1ccccc1C(C)NCCCC(=O)O. The van der Waals surface area contributed by atoms with Gasteiger partial charge in [-0.2, -0.15) is 0 Å². The fourth-order valence-corrected chi connectivity index (χ4v) is 1.74. The molecular formula is C13H19NO2. The van der Waals surface area contributed by atoms with E-state index in [2.05, 4.69) is 31.3 Å². The molecule has 0 fully saturated rings. The number of aryl methyl sites for hydroxylation is 1. The second-order valence-electron chi connectivity index (χ2n) is 4.03. The van der Waals surface area contributed by atoms with Crippen molar-refractivity contribution in [1.29, 1.82) is 0 Å². The maximum absolute atomic E-state index is 10.3. The van der Waals surface area contributed by atoms with Crippen LogP contribution >= 0.6 is 0 Å². The highest BCUT2D eigenvalue weighted by Crippen LogP contribution is 2.16. The van der Waals surface area contributed by atoms with E-state index >= 15 is 0 Å². The second kappa shape index (κ2) is 6.28. The van der Waals surface area contributed by atoms with Gasteiger partial charge in [0.25, 0.3) is 0 Å². The van der Waals surface area contributed by atoms with Gasteiger partial charge in [0.2, 0.25) is 0 Å². The van der Waals surface area contributed by atoms with Crippen molar-refractivity contribution in [1.82, 2.24) is 5.32 Å². The van der Waals surface area contributed by atoms with Crippen LogP contribution in [0.15, 0.2) is 24.3 Å². The molecule has 3 heteroatoms. The summed E-state index contributed by atoms with van der Waals surface area (Å²) < 4.78 is 0. The summed E-state index contributed by atoms with van der Waals surface area (Å²) in [5.74, 6) is -0.731. The van der Waals surface area contributed by atoms with Gasteiger partial charge in [0.05, 0.1) is 0 Å². The quantitative estimate of drug-likeness (QED) is 0.726. The molecule has 0 spiro atoms. The Morgan fingerprint density at radius 3 is 2.75 bits per heavy atom. The molecular weight excluding hydrogens is 202 g/mol. The van der Waals surface area contributed by atoms with Crippen LogP contribution < -0.4 is 5.32 Å². The van der Waals surface area contributed by atoms with Crippen LogP contribution in [0.5, 0.6) is 0 Å². The lowest BCUT2D eigenvalue weighted by Crippen LogP contribution is -2.21. The first-order valence-corrected chi connectivity index (χ1v) is 5.62. The number of carbonyl (C=O) groups is 1. The normalized spacial score (nSPS) is 12.4. The highest BCUT2D eigenvalue weighted by atomic mass is 16.4. The van der Waals surface area contributed by atoms with Gasteiger partial charge in [0.15, 0.2) is 0 Å². The Balaban J connectivity index is 2.38. The molecule has 1 aromatic carbocycles. The van der Waals surface area contributed by atoms with Crippen molar-refractivity contribution in [3.05, 3.63) is 35.4 Å². The first kappa shape index (κ1) is 12.7. The average molecular weight is 221 g/mol. The Morgan fingerprint density at radius 2 is 2.12 bits per heavy atom. The average Bonchev–Trinajstić information content (AvgIpc) is 2.24. The zero-order chi connectivity index (χ0) is 12.0. The zero-order valence-electron chi connectivity index (χ0n) is 9.86. The predicted molar refractivity (Wildman–Crippen MR) is 64.5 cm³/mol. The fourth-order valence-electron chi connectivity index (χ4n) is 1.74.